The molecule has 2 N–H and O–H groups in total. The van der Waals surface area contributed by atoms with Crippen molar-refractivity contribution in [3.63, 3.8) is 0 Å². The first kappa shape index (κ1) is 12.3. The molecule has 1 aliphatic carbocycles. The van der Waals surface area contributed by atoms with Crippen molar-refractivity contribution >= 4 is 34.7 Å². The highest BCUT2D eigenvalue weighted by atomic mass is 35.5. The van der Waals surface area contributed by atoms with Crippen LogP contribution >= 0.6 is 23.7 Å². The Morgan fingerprint density at radius 2 is 2.20 bits per heavy atom. The fourth-order valence-electron chi connectivity index (χ4n) is 1.36. The quantitative estimate of drug-likeness (QED) is 0.860. The SMILES string of the molecule is CNc1ccc(C(=O)NC2CC2C)s1.Cl. The molecule has 1 aromatic rings. The van der Waals surface area contributed by atoms with E-state index in [0.717, 1.165) is 16.3 Å². The third kappa shape index (κ3) is 2.86. The van der Waals surface area contributed by atoms with Gasteiger partial charge in [-0.1, -0.05) is 6.92 Å². The van der Waals surface area contributed by atoms with Crippen LogP contribution in [0.5, 0.6) is 0 Å². The molecule has 1 saturated carbocycles. The van der Waals surface area contributed by atoms with Gasteiger partial charge < -0.3 is 10.6 Å². The van der Waals surface area contributed by atoms with Gasteiger partial charge in [0, 0.05) is 13.1 Å². The number of amides is 1. The number of nitrogens with one attached hydrogen (secondary N) is 2. The second-order valence-electron chi connectivity index (χ2n) is 3.71. The second kappa shape index (κ2) is 4.86. The monoisotopic (exact) mass is 246 g/mol. The predicted molar refractivity (Wildman–Crippen MR) is 66.1 cm³/mol. The normalized spacial score (nSPS) is 22.8. The van der Waals surface area contributed by atoms with Crippen molar-refractivity contribution in [2.24, 2.45) is 5.92 Å². The lowest BCUT2D eigenvalue weighted by Gasteiger charge is -2.00. The Hall–Kier alpha value is -0.740. The van der Waals surface area contributed by atoms with E-state index < -0.39 is 0 Å². The summed E-state index contributed by atoms with van der Waals surface area (Å²) in [6, 6.07) is 4.19. The van der Waals surface area contributed by atoms with Crippen molar-refractivity contribution < 1.29 is 4.79 Å². The van der Waals surface area contributed by atoms with E-state index >= 15 is 0 Å². The van der Waals surface area contributed by atoms with Crippen molar-refractivity contribution in [1.82, 2.24) is 5.32 Å². The van der Waals surface area contributed by atoms with E-state index in [1.165, 1.54) is 11.3 Å². The minimum absolute atomic E-state index is 0. The molecule has 0 aromatic carbocycles. The van der Waals surface area contributed by atoms with Crippen molar-refractivity contribution in [1.29, 1.82) is 0 Å². The summed E-state index contributed by atoms with van der Waals surface area (Å²) in [5.41, 5.74) is 0. The lowest BCUT2D eigenvalue weighted by Crippen LogP contribution is -2.25. The maximum Gasteiger partial charge on any atom is 0.261 e. The van der Waals surface area contributed by atoms with Crippen LogP contribution in [0, 0.1) is 5.92 Å². The Bertz CT molecular complexity index is 353. The molecule has 0 spiro atoms. The van der Waals surface area contributed by atoms with Gasteiger partial charge >= 0.3 is 0 Å². The molecule has 1 heterocycles. The highest BCUT2D eigenvalue weighted by molar-refractivity contribution is 7.17. The van der Waals surface area contributed by atoms with Crippen molar-refractivity contribution in [3.05, 3.63) is 17.0 Å². The van der Waals surface area contributed by atoms with Crippen molar-refractivity contribution in [3.8, 4) is 0 Å². The molecular formula is C10H15ClN2OS. The van der Waals surface area contributed by atoms with Gasteiger partial charge in [0.2, 0.25) is 0 Å². The molecule has 2 rings (SSSR count). The molecular weight excluding hydrogens is 232 g/mol. The third-order valence-corrected chi connectivity index (χ3v) is 3.60. The smallest absolute Gasteiger partial charge is 0.261 e. The second-order valence-corrected chi connectivity index (χ2v) is 4.79. The summed E-state index contributed by atoms with van der Waals surface area (Å²) in [5, 5.41) is 7.05. The van der Waals surface area contributed by atoms with Crippen LogP contribution in [-0.4, -0.2) is 19.0 Å². The van der Waals surface area contributed by atoms with Crippen LogP contribution < -0.4 is 10.6 Å². The number of anilines is 1. The summed E-state index contributed by atoms with van der Waals surface area (Å²) in [6.45, 7) is 2.15. The first-order chi connectivity index (χ1) is 6.70. The van der Waals surface area contributed by atoms with Gasteiger partial charge in [-0.15, -0.1) is 23.7 Å². The van der Waals surface area contributed by atoms with Gasteiger partial charge in [-0.25, -0.2) is 0 Å². The first-order valence-corrected chi connectivity index (χ1v) is 5.61. The predicted octanol–water partition coefficient (Wildman–Crippen LogP) is 2.35. The van der Waals surface area contributed by atoms with Gasteiger partial charge in [-0.3, -0.25) is 4.79 Å². The van der Waals surface area contributed by atoms with Crippen LogP contribution in [0.4, 0.5) is 5.00 Å². The third-order valence-electron chi connectivity index (χ3n) is 2.50. The number of halogens is 1. The minimum Gasteiger partial charge on any atom is -0.380 e. The average Bonchev–Trinajstić information content (AvgIpc) is 2.72. The molecule has 2 unspecified atom stereocenters. The Kier molecular flexibility index (Phi) is 3.99. The largest absolute Gasteiger partial charge is 0.380 e. The summed E-state index contributed by atoms with van der Waals surface area (Å²) in [6.07, 6.45) is 1.12. The summed E-state index contributed by atoms with van der Waals surface area (Å²) in [4.78, 5) is 12.4. The maximum atomic E-state index is 11.6. The molecule has 0 bridgehead atoms. The molecule has 3 nitrogen and oxygen atoms in total. The van der Waals surface area contributed by atoms with Gasteiger partial charge in [0.05, 0.1) is 9.88 Å². The molecule has 0 aliphatic heterocycles. The number of thiophene rings is 1. The van der Waals surface area contributed by atoms with Crippen LogP contribution in [0.1, 0.15) is 23.0 Å². The van der Waals surface area contributed by atoms with Crippen molar-refractivity contribution in [2.75, 3.05) is 12.4 Å². The summed E-state index contributed by atoms with van der Waals surface area (Å²) in [5.74, 6) is 0.716. The van der Waals surface area contributed by atoms with Crippen LogP contribution in [0.3, 0.4) is 0 Å². The minimum atomic E-state index is 0. The first-order valence-electron chi connectivity index (χ1n) is 4.79. The van der Waals surface area contributed by atoms with E-state index in [0.29, 0.717) is 12.0 Å². The molecule has 84 valence electrons. The summed E-state index contributed by atoms with van der Waals surface area (Å²) in [7, 11) is 1.86. The Labute approximate surface area is 99.7 Å². The Morgan fingerprint density at radius 1 is 1.53 bits per heavy atom. The van der Waals surface area contributed by atoms with Crippen molar-refractivity contribution in [2.45, 2.75) is 19.4 Å². The molecule has 1 aromatic heterocycles. The maximum absolute atomic E-state index is 11.6. The lowest BCUT2D eigenvalue weighted by atomic mass is 10.4. The number of carbonyl (C=O) groups excluding carboxylic acids is 1. The van der Waals surface area contributed by atoms with Crippen LogP contribution in [-0.2, 0) is 0 Å². The molecule has 5 heteroatoms. The lowest BCUT2D eigenvalue weighted by molar-refractivity contribution is 0.0953. The zero-order valence-electron chi connectivity index (χ0n) is 8.74. The summed E-state index contributed by atoms with van der Waals surface area (Å²) < 4.78 is 0. The van der Waals surface area contributed by atoms with E-state index in [-0.39, 0.29) is 18.3 Å². The van der Waals surface area contributed by atoms with E-state index in [4.69, 9.17) is 0 Å². The van der Waals surface area contributed by atoms with E-state index in [9.17, 15) is 4.79 Å². The van der Waals surface area contributed by atoms with Gasteiger partial charge in [0.1, 0.15) is 0 Å². The van der Waals surface area contributed by atoms with Gasteiger partial charge in [-0.2, -0.15) is 0 Å². The number of rotatable bonds is 3. The highest BCUT2D eigenvalue weighted by Gasteiger charge is 2.34. The molecule has 1 fully saturated rings. The topological polar surface area (TPSA) is 41.1 Å². The summed E-state index contributed by atoms with van der Waals surface area (Å²) >= 11 is 1.49. The van der Waals surface area contributed by atoms with Crippen LogP contribution in [0.2, 0.25) is 0 Å². The van der Waals surface area contributed by atoms with Gasteiger partial charge in [-0.05, 0) is 24.5 Å². The molecule has 1 amide bonds. The van der Waals surface area contributed by atoms with Gasteiger partial charge in [0.15, 0.2) is 0 Å². The highest BCUT2D eigenvalue weighted by Crippen LogP contribution is 2.30. The van der Waals surface area contributed by atoms with E-state index in [1.807, 2.05) is 19.2 Å². The number of carbonyl (C=O) groups is 1. The molecule has 1 aliphatic rings. The van der Waals surface area contributed by atoms with Crippen LogP contribution in [0.15, 0.2) is 12.1 Å². The molecule has 0 radical (unpaired) electrons. The van der Waals surface area contributed by atoms with E-state index in [2.05, 4.69) is 17.6 Å². The molecule has 15 heavy (non-hydrogen) atoms. The molecule has 0 saturated heterocycles. The standard InChI is InChI=1S/C10H14N2OS.ClH/c1-6-5-7(6)12-10(13)8-3-4-9(11-2)14-8;/h3-4,6-7,11H,5H2,1-2H3,(H,12,13);1H. The fraction of sp³-hybridized carbons (Fsp3) is 0.500. The number of hydrogen-bond donors (Lipinski definition) is 2. The van der Waals surface area contributed by atoms with E-state index in [1.54, 1.807) is 0 Å². The zero-order chi connectivity index (χ0) is 10.1. The average molecular weight is 247 g/mol. The fourth-order valence-corrected chi connectivity index (χ4v) is 2.12. The zero-order valence-corrected chi connectivity index (χ0v) is 10.4. The molecule has 2 atom stereocenters. The Balaban J connectivity index is 0.00000112. The number of hydrogen-bond acceptors (Lipinski definition) is 3. The van der Waals surface area contributed by atoms with Gasteiger partial charge in [0.25, 0.3) is 5.91 Å². The Morgan fingerprint density at radius 3 is 2.67 bits per heavy atom. The van der Waals surface area contributed by atoms with Crippen LogP contribution in [0.25, 0.3) is 0 Å².